The summed E-state index contributed by atoms with van der Waals surface area (Å²) in [5.41, 5.74) is 5.37. The van der Waals surface area contributed by atoms with Gasteiger partial charge in [-0.1, -0.05) is 0 Å². The van der Waals surface area contributed by atoms with Gasteiger partial charge in [0.05, 0.1) is 6.04 Å². The minimum absolute atomic E-state index is 0.0223. The average molecular weight is 187 g/mol. The monoisotopic (exact) mass is 187 g/mol. The van der Waals surface area contributed by atoms with Gasteiger partial charge in [-0.05, 0) is 39.8 Å². The molecule has 4 heteroatoms. The summed E-state index contributed by atoms with van der Waals surface area (Å²) in [6, 6.07) is 0.0223. The van der Waals surface area contributed by atoms with E-state index < -0.39 is 0 Å². The van der Waals surface area contributed by atoms with Gasteiger partial charge < -0.3 is 10.8 Å². The molecular formula is C9H21N3O. The highest BCUT2D eigenvalue weighted by atomic mass is 16.2. The van der Waals surface area contributed by atoms with Crippen molar-refractivity contribution >= 4 is 5.84 Å². The van der Waals surface area contributed by atoms with Gasteiger partial charge in [-0.15, -0.1) is 0 Å². The second-order valence-electron chi connectivity index (χ2n) is 3.40. The smallest absolute Gasteiger partial charge is 0.108 e. The van der Waals surface area contributed by atoms with E-state index in [0.717, 1.165) is 25.8 Å². The van der Waals surface area contributed by atoms with E-state index in [1.165, 1.54) is 0 Å². The molecular weight excluding hydrogens is 166 g/mol. The number of aliphatic hydroxyl groups excluding tert-OH is 1. The van der Waals surface area contributed by atoms with Crippen molar-refractivity contribution < 1.29 is 5.11 Å². The third kappa shape index (κ3) is 5.60. The van der Waals surface area contributed by atoms with Crippen LogP contribution in [0, 0.1) is 5.41 Å². The van der Waals surface area contributed by atoms with Gasteiger partial charge in [0.1, 0.15) is 5.84 Å². The predicted molar refractivity (Wildman–Crippen MR) is 54.9 cm³/mol. The first-order chi connectivity index (χ1) is 6.09. The Hall–Kier alpha value is -0.610. The van der Waals surface area contributed by atoms with E-state index >= 15 is 0 Å². The van der Waals surface area contributed by atoms with Crippen molar-refractivity contribution in [2.45, 2.75) is 32.2 Å². The van der Waals surface area contributed by atoms with Crippen molar-refractivity contribution in [3.05, 3.63) is 0 Å². The Balaban J connectivity index is 3.50. The minimum atomic E-state index is 0.0223. The molecule has 0 bridgehead atoms. The van der Waals surface area contributed by atoms with Crippen LogP contribution in [0.5, 0.6) is 0 Å². The van der Waals surface area contributed by atoms with Crippen LogP contribution >= 0.6 is 0 Å². The summed E-state index contributed by atoms with van der Waals surface area (Å²) in [4.78, 5) is 2.06. The summed E-state index contributed by atoms with van der Waals surface area (Å²) in [6.07, 6.45) is 2.95. The Kier molecular flexibility index (Phi) is 6.54. The summed E-state index contributed by atoms with van der Waals surface area (Å²) < 4.78 is 0. The van der Waals surface area contributed by atoms with Crippen LogP contribution in [0.1, 0.15) is 26.2 Å². The molecule has 0 amide bonds. The van der Waals surface area contributed by atoms with Gasteiger partial charge in [0, 0.05) is 6.61 Å². The number of unbranched alkanes of at least 4 members (excludes halogenated alkanes) is 2. The van der Waals surface area contributed by atoms with Crippen molar-refractivity contribution in [3.8, 4) is 0 Å². The SMILES string of the molecule is CC(C(=N)N)N(C)CCCCCO. The highest BCUT2D eigenvalue weighted by Crippen LogP contribution is 2.00. The lowest BCUT2D eigenvalue weighted by Crippen LogP contribution is -2.40. The standard InChI is InChI=1S/C9H21N3O/c1-8(9(10)11)12(2)6-4-3-5-7-13/h8,13H,3-7H2,1-2H3,(H3,10,11). The molecule has 4 nitrogen and oxygen atoms in total. The van der Waals surface area contributed by atoms with E-state index in [1.807, 2.05) is 14.0 Å². The fourth-order valence-corrected chi connectivity index (χ4v) is 1.08. The molecule has 4 N–H and O–H groups in total. The number of likely N-dealkylation sites (N-methyl/N-ethyl adjacent to an activating group) is 1. The highest BCUT2D eigenvalue weighted by molar-refractivity contribution is 5.82. The molecule has 0 aliphatic heterocycles. The molecule has 0 aromatic heterocycles. The molecule has 0 aromatic carbocycles. The van der Waals surface area contributed by atoms with Gasteiger partial charge in [-0.2, -0.15) is 0 Å². The lowest BCUT2D eigenvalue weighted by atomic mass is 10.2. The number of nitrogens with one attached hydrogen (secondary N) is 1. The molecule has 13 heavy (non-hydrogen) atoms. The van der Waals surface area contributed by atoms with Crippen LogP contribution in [0.25, 0.3) is 0 Å². The van der Waals surface area contributed by atoms with Crippen LogP contribution in [0.15, 0.2) is 0 Å². The van der Waals surface area contributed by atoms with Crippen molar-refractivity contribution in [1.29, 1.82) is 5.41 Å². The van der Waals surface area contributed by atoms with Crippen LogP contribution in [0.4, 0.5) is 0 Å². The Morgan fingerprint density at radius 2 is 2.08 bits per heavy atom. The summed E-state index contributed by atoms with van der Waals surface area (Å²) in [6.45, 7) is 3.13. The molecule has 0 aliphatic carbocycles. The average Bonchev–Trinajstić information content (AvgIpc) is 2.10. The normalized spacial score (nSPS) is 13.2. The molecule has 0 aliphatic rings. The lowest BCUT2D eigenvalue weighted by Gasteiger charge is -2.23. The largest absolute Gasteiger partial charge is 0.396 e. The van der Waals surface area contributed by atoms with Crippen LogP contribution in [-0.4, -0.2) is 42.1 Å². The number of rotatable bonds is 7. The second kappa shape index (κ2) is 6.86. The Morgan fingerprint density at radius 3 is 2.54 bits per heavy atom. The number of aliphatic hydroxyl groups is 1. The molecule has 0 spiro atoms. The lowest BCUT2D eigenvalue weighted by molar-refractivity contribution is 0.267. The maximum atomic E-state index is 8.56. The maximum Gasteiger partial charge on any atom is 0.108 e. The van der Waals surface area contributed by atoms with E-state index in [2.05, 4.69) is 4.90 Å². The first-order valence-electron chi connectivity index (χ1n) is 4.74. The molecule has 0 aromatic rings. The van der Waals surface area contributed by atoms with Gasteiger partial charge in [-0.3, -0.25) is 10.3 Å². The molecule has 0 saturated heterocycles. The third-order valence-electron chi connectivity index (χ3n) is 2.28. The number of hydrogen-bond donors (Lipinski definition) is 3. The Morgan fingerprint density at radius 1 is 1.46 bits per heavy atom. The zero-order chi connectivity index (χ0) is 10.3. The third-order valence-corrected chi connectivity index (χ3v) is 2.28. The molecule has 0 rings (SSSR count). The van der Waals surface area contributed by atoms with Gasteiger partial charge >= 0.3 is 0 Å². The summed E-state index contributed by atoms with van der Waals surface area (Å²) >= 11 is 0. The van der Waals surface area contributed by atoms with Crippen molar-refractivity contribution in [3.63, 3.8) is 0 Å². The molecule has 0 saturated carbocycles. The van der Waals surface area contributed by atoms with Crippen molar-refractivity contribution in [1.82, 2.24) is 4.90 Å². The van der Waals surface area contributed by atoms with E-state index in [-0.39, 0.29) is 18.5 Å². The van der Waals surface area contributed by atoms with Crippen molar-refractivity contribution in [2.75, 3.05) is 20.2 Å². The molecule has 1 unspecified atom stereocenters. The Bertz CT molecular complexity index is 150. The first kappa shape index (κ1) is 12.4. The van der Waals surface area contributed by atoms with Crippen LogP contribution in [0.3, 0.4) is 0 Å². The van der Waals surface area contributed by atoms with Crippen LogP contribution < -0.4 is 5.73 Å². The quantitative estimate of drug-likeness (QED) is 0.307. The van der Waals surface area contributed by atoms with E-state index in [9.17, 15) is 0 Å². The van der Waals surface area contributed by atoms with E-state index in [4.69, 9.17) is 16.2 Å². The fourth-order valence-electron chi connectivity index (χ4n) is 1.08. The second-order valence-corrected chi connectivity index (χ2v) is 3.40. The van der Waals surface area contributed by atoms with E-state index in [1.54, 1.807) is 0 Å². The summed E-state index contributed by atoms with van der Waals surface area (Å²) in [5.74, 6) is 0.213. The zero-order valence-electron chi connectivity index (χ0n) is 8.58. The topological polar surface area (TPSA) is 73.3 Å². The maximum absolute atomic E-state index is 8.56. The van der Waals surface area contributed by atoms with Gasteiger partial charge in [0.25, 0.3) is 0 Å². The first-order valence-corrected chi connectivity index (χ1v) is 4.74. The Labute approximate surface area is 80.2 Å². The molecule has 0 radical (unpaired) electrons. The van der Waals surface area contributed by atoms with Gasteiger partial charge in [0.2, 0.25) is 0 Å². The predicted octanol–water partition coefficient (Wildman–Crippen LogP) is 0.405. The van der Waals surface area contributed by atoms with Gasteiger partial charge in [-0.25, -0.2) is 0 Å². The molecule has 0 heterocycles. The van der Waals surface area contributed by atoms with Gasteiger partial charge in [0.15, 0.2) is 0 Å². The number of amidine groups is 1. The minimum Gasteiger partial charge on any atom is -0.396 e. The van der Waals surface area contributed by atoms with Crippen LogP contribution in [0.2, 0.25) is 0 Å². The number of hydrogen-bond acceptors (Lipinski definition) is 3. The molecule has 1 atom stereocenters. The number of nitrogens with two attached hydrogens (primary N) is 1. The molecule has 0 fully saturated rings. The number of nitrogens with zero attached hydrogens (tertiary/aromatic N) is 1. The van der Waals surface area contributed by atoms with Crippen molar-refractivity contribution in [2.24, 2.45) is 5.73 Å². The zero-order valence-corrected chi connectivity index (χ0v) is 8.58. The highest BCUT2D eigenvalue weighted by Gasteiger charge is 2.10. The van der Waals surface area contributed by atoms with Crippen LogP contribution in [-0.2, 0) is 0 Å². The summed E-state index contributed by atoms with van der Waals surface area (Å²) in [7, 11) is 1.96. The summed E-state index contributed by atoms with van der Waals surface area (Å²) in [5, 5.41) is 15.8. The van der Waals surface area contributed by atoms with E-state index in [0.29, 0.717) is 0 Å². The fraction of sp³-hybridized carbons (Fsp3) is 0.889. The molecule has 78 valence electrons.